The number of methoxy groups -OCH3 is 1. The highest BCUT2D eigenvalue weighted by atomic mass is 16.5. The topological polar surface area (TPSA) is 48.3 Å². The van der Waals surface area contributed by atoms with Crippen LogP contribution in [0, 0.1) is 0 Å². The summed E-state index contributed by atoms with van der Waals surface area (Å²) in [5, 5.41) is 8.29. The van der Waals surface area contributed by atoms with Gasteiger partial charge in [0.15, 0.2) is 0 Å². The van der Waals surface area contributed by atoms with Crippen LogP contribution in [-0.2, 0) is 28.9 Å². The molecule has 0 aliphatic heterocycles. The summed E-state index contributed by atoms with van der Waals surface area (Å²) in [5.41, 5.74) is 3.91. The van der Waals surface area contributed by atoms with Crippen LogP contribution in [0.5, 0.6) is 0 Å². The fourth-order valence-corrected chi connectivity index (χ4v) is 2.69. The average molecular weight is 297 g/mol. The molecule has 0 aromatic carbocycles. The van der Waals surface area contributed by atoms with Crippen LogP contribution < -0.4 is 5.32 Å². The molecule has 1 aromatic rings. The van der Waals surface area contributed by atoms with Crippen molar-refractivity contribution < 1.29 is 9.47 Å². The second kappa shape index (κ2) is 9.92. The number of aryl methyl sites for hydroxylation is 1. The van der Waals surface area contributed by atoms with Gasteiger partial charge in [-0.1, -0.05) is 20.8 Å². The molecule has 1 heterocycles. The van der Waals surface area contributed by atoms with Gasteiger partial charge >= 0.3 is 0 Å². The van der Waals surface area contributed by atoms with Gasteiger partial charge in [0.1, 0.15) is 0 Å². The molecule has 1 aromatic heterocycles. The van der Waals surface area contributed by atoms with E-state index in [1.807, 2.05) is 0 Å². The Balaban J connectivity index is 2.79. The lowest BCUT2D eigenvalue weighted by Crippen LogP contribution is -2.20. The number of hydrogen-bond acceptors (Lipinski definition) is 4. The number of nitrogens with zero attached hydrogens (tertiary/aromatic N) is 2. The third-order valence-electron chi connectivity index (χ3n) is 3.67. The lowest BCUT2D eigenvalue weighted by Gasteiger charge is -2.15. The standard InChI is InChI=1S/C16H31N3O2/c1-6-14-16(13(4)17-8-3)15(7-2)19(18-14)9-10-21-12-11-20-5/h13,17H,6-12H2,1-5H3. The van der Waals surface area contributed by atoms with Crippen LogP contribution in [0.25, 0.3) is 0 Å². The maximum atomic E-state index is 5.57. The molecular formula is C16H31N3O2. The summed E-state index contributed by atoms with van der Waals surface area (Å²) in [6, 6.07) is 0.350. The Bertz CT molecular complexity index is 404. The minimum atomic E-state index is 0.350. The van der Waals surface area contributed by atoms with Gasteiger partial charge in [0.25, 0.3) is 0 Å². The highest BCUT2D eigenvalue weighted by molar-refractivity contribution is 5.30. The first kappa shape index (κ1) is 18.1. The first-order valence-electron chi connectivity index (χ1n) is 8.07. The molecule has 1 unspecified atom stereocenters. The summed E-state index contributed by atoms with van der Waals surface area (Å²) >= 11 is 0. The van der Waals surface area contributed by atoms with Gasteiger partial charge in [0.05, 0.1) is 32.1 Å². The van der Waals surface area contributed by atoms with Gasteiger partial charge in [-0.2, -0.15) is 5.10 Å². The van der Waals surface area contributed by atoms with Gasteiger partial charge in [0.2, 0.25) is 0 Å². The molecule has 0 saturated carbocycles. The zero-order valence-electron chi connectivity index (χ0n) is 14.2. The minimum Gasteiger partial charge on any atom is -0.382 e. The van der Waals surface area contributed by atoms with Crippen LogP contribution in [0.4, 0.5) is 0 Å². The van der Waals surface area contributed by atoms with Gasteiger partial charge in [-0.15, -0.1) is 0 Å². The molecular weight excluding hydrogens is 266 g/mol. The van der Waals surface area contributed by atoms with Gasteiger partial charge in [-0.25, -0.2) is 0 Å². The highest BCUT2D eigenvalue weighted by Crippen LogP contribution is 2.23. The SMILES string of the molecule is CCNC(C)c1c(CC)nn(CCOCCOC)c1CC. The van der Waals surface area contributed by atoms with E-state index < -0.39 is 0 Å². The van der Waals surface area contributed by atoms with Crippen molar-refractivity contribution in [2.45, 2.75) is 53.1 Å². The van der Waals surface area contributed by atoms with Crippen molar-refractivity contribution in [1.29, 1.82) is 0 Å². The number of nitrogens with one attached hydrogen (secondary N) is 1. The van der Waals surface area contributed by atoms with Crippen molar-refractivity contribution in [3.8, 4) is 0 Å². The van der Waals surface area contributed by atoms with Crippen molar-refractivity contribution in [3.63, 3.8) is 0 Å². The molecule has 5 heteroatoms. The van der Waals surface area contributed by atoms with E-state index >= 15 is 0 Å². The van der Waals surface area contributed by atoms with Crippen LogP contribution in [0.15, 0.2) is 0 Å². The molecule has 5 nitrogen and oxygen atoms in total. The molecule has 122 valence electrons. The van der Waals surface area contributed by atoms with Crippen LogP contribution in [0.2, 0.25) is 0 Å². The number of aromatic nitrogens is 2. The minimum absolute atomic E-state index is 0.350. The lowest BCUT2D eigenvalue weighted by molar-refractivity contribution is 0.0651. The van der Waals surface area contributed by atoms with Crippen molar-refractivity contribution >= 4 is 0 Å². The van der Waals surface area contributed by atoms with E-state index in [1.165, 1.54) is 17.0 Å². The van der Waals surface area contributed by atoms with E-state index in [0.29, 0.717) is 25.9 Å². The monoisotopic (exact) mass is 297 g/mol. The Kier molecular flexibility index (Phi) is 8.57. The summed E-state index contributed by atoms with van der Waals surface area (Å²) in [6.45, 7) is 12.5. The number of rotatable bonds is 11. The Hall–Kier alpha value is -0.910. The maximum Gasteiger partial charge on any atom is 0.0701 e. The molecule has 0 aliphatic rings. The van der Waals surface area contributed by atoms with E-state index in [0.717, 1.165) is 25.9 Å². The molecule has 0 aliphatic carbocycles. The number of ether oxygens (including phenoxy) is 2. The van der Waals surface area contributed by atoms with Gasteiger partial charge in [-0.3, -0.25) is 4.68 Å². The largest absolute Gasteiger partial charge is 0.382 e. The third kappa shape index (κ3) is 5.09. The van der Waals surface area contributed by atoms with E-state index in [1.54, 1.807) is 7.11 Å². The maximum absolute atomic E-state index is 5.57. The lowest BCUT2D eigenvalue weighted by atomic mass is 10.0. The Morgan fingerprint density at radius 1 is 1.14 bits per heavy atom. The highest BCUT2D eigenvalue weighted by Gasteiger charge is 2.19. The zero-order chi connectivity index (χ0) is 15.7. The van der Waals surface area contributed by atoms with E-state index in [-0.39, 0.29) is 0 Å². The van der Waals surface area contributed by atoms with Crippen LogP contribution >= 0.6 is 0 Å². The molecule has 21 heavy (non-hydrogen) atoms. The van der Waals surface area contributed by atoms with Crippen molar-refractivity contribution in [1.82, 2.24) is 15.1 Å². The molecule has 0 radical (unpaired) electrons. The van der Waals surface area contributed by atoms with E-state index in [9.17, 15) is 0 Å². The quantitative estimate of drug-likeness (QED) is 0.637. The second-order valence-electron chi connectivity index (χ2n) is 5.12. The summed E-state index contributed by atoms with van der Waals surface area (Å²) in [5.74, 6) is 0. The van der Waals surface area contributed by atoms with Crippen molar-refractivity contribution in [3.05, 3.63) is 17.0 Å². The smallest absolute Gasteiger partial charge is 0.0701 e. The molecule has 1 N–H and O–H groups in total. The summed E-state index contributed by atoms with van der Waals surface area (Å²) in [6.07, 6.45) is 1.96. The molecule has 1 rings (SSSR count). The van der Waals surface area contributed by atoms with E-state index in [4.69, 9.17) is 14.6 Å². The Labute approximate surface area is 129 Å². The normalized spacial score (nSPS) is 12.8. The Morgan fingerprint density at radius 2 is 1.90 bits per heavy atom. The van der Waals surface area contributed by atoms with Gasteiger partial charge in [-0.05, 0) is 26.3 Å². The first-order valence-corrected chi connectivity index (χ1v) is 8.07. The molecule has 0 bridgehead atoms. The van der Waals surface area contributed by atoms with E-state index in [2.05, 4.69) is 37.7 Å². The summed E-state index contributed by atoms with van der Waals surface area (Å²) in [4.78, 5) is 0. The fourth-order valence-electron chi connectivity index (χ4n) is 2.69. The van der Waals surface area contributed by atoms with Crippen LogP contribution in [-0.4, -0.2) is 43.3 Å². The fraction of sp³-hybridized carbons (Fsp3) is 0.812. The van der Waals surface area contributed by atoms with Crippen LogP contribution in [0.3, 0.4) is 0 Å². The van der Waals surface area contributed by atoms with Crippen LogP contribution in [0.1, 0.15) is 50.7 Å². The van der Waals surface area contributed by atoms with Gasteiger partial charge in [0, 0.05) is 24.4 Å². The third-order valence-corrected chi connectivity index (χ3v) is 3.67. The van der Waals surface area contributed by atoms with Crippen molar-refractivity contribution in [2.75, 3.05) is 33.5 Å². The molecule has 0 fully saturated rings. The Morgan fingerprint density at radius 3 is 2.48 bits per heavy atom. The molecule has 0 amide bonds. The first-order chi connectivity index (χ1) is 10.2. The zero-order valence-corrected chi connectivity index (χ0v) is 14.2. The second-order valence-corrected chi connectivity index (χ2v) is 5.12. The summed E-state index contributed by atoms with van der Waals surface area (Å²) in [7, 11) is 1.69. The molecule has 0 saturated heterocycles. The average Bonchev–Trinajstić information content (AvgIpc) is 2.85. The van der Waals surface area contributed by atoms with Crippen molar-refractivity contribution in [2.24, 2.45) is 0 Å². The predicted octanol–water partition coefficient (Wildman–Crippen LogP) is 2.34. The van der Waals surface area contributed by atoms with Gasteiger partial charge < -0.3 is 14.8 Å². The predicted molar refractivity (Wildman–Crippen MR) is 85.8 cm³/mol. The molecule has 1 atom stereocenters. The summed E-state index contributed by atoms with van der Waals surface area (Å²) < 4.78 is 12.7. The molecule has 0 spiro atoms. The number of hydrogen-bond donors (Lipinski definition) is 1.